The Bertz CT molecular complexity index is 665. The molecule has 0 bridgehead atoms. The molecule has 1 aromatic carbocycles. The van der Waals surface area contributed by atoms with E-state index in [2.05, 4.69) is 27.5 Å². The summed E-state index contributed by atoms with van der Waals surface area (Å²) in [6.07, 6.45) is 2.76. The van der Waals surface area contributed by atoms with Crippen molar-refractivity contribution in [2.24, 2.45) is 4.99 Å². The second-order valence-electron chi connectivity index (χ2n) is 5.95. The van der Waals surface area contributed by atoms with Gasteiger partial charge in [-0.2, -0.15) is 0 Å². The highest BCUT2D eigenvalue weighted by Gasteiger charge is 2.10. The number of nitrogens with zero attached hydrogens (tertiary/aromatic N) is 2. The lowest BCUT2D eigenvalue weighted by molar-refractivity contribution is 0.265. The van der Waals surface area contributed by atoms with E-state index in [1.165, 1.54) is 0 Å². The van der Waals surface area contributed by atoms with Gasteiger partial charge in [0.1, 0.15) is 0 Å². The molecule has 7 heteroatoms. The smallest absolute Gasteiger partial charge is 0.213 e. The van der Waals surface area contributed by atoms with Crippen LogP contribution in [-0.2, 0) is 6.54 Å². The Kier molecular flexibility index (Phi) is 11.4. The fourth-order valence-electron chi connectivity index (χ4n) is 2.45. The van der Waals surface area contributed by atoms with Gasteiger partial charge in [-0.25, -0.2) is 4.98 Å². The molecule has 1 atom stereocenters. The number of aromatic nitrogens is 1. The molecule has 0 aliphatic heterocycles. The first-order valence-corrected chi connectivity index (χ1v) is 8.94. The quantitative estimate of drug-likeness (QED) is 0.290. The van der Waals surface area contributed by atoms with Crippen LogP contribution in [0.2, 0.25) is 0 Å². The SMILES string of the molecule is CCCOc1ccc(CNC(=NC)NCC(CO)c2ccccc2)cn1.I. The van der Waals surface area contributed by atoms with Crippen LogP contribution in [0.15, 0.2) is 53.7 Å². The monoisotopic (exact) mass is 484 g/mol. The molecule has 3 N–H and O–H groups in total. The standard InChI is InChI=1S/C20H28N4O2.HI/c1-3-11-26-19-10-9-16(12-22-19)13-23-20(21-2)24-14-18(15-25)17-7-5-4-6-8-17;/h4-10,12,18,25H,3,11,13-15H2,1-2H3,(H2,21,23,24);1H. The van der Waals surface area contributed by atoms with Crippen molar-refractivity contribution in [1.82, 2.24) is 15.6 Å². The van der Waals surface area contributed by atoms with Crippen molar-refractivity contribution in [3.8, 4) is 5.88 Å². The summed E-state index contributed by atoms with van der Waals surface area (Å²) in [4.78, 5) is 8.52. The van der Waals surface area contributed by atoms with Gasteiger partial charge in [-0.05, 0) is 17.5 Å². The normalized spacial score (nSPS) is 12.0. The molecular weight excluding hydrogens is 455 g/mol. The number of rotatable bonds is 9. The van der Waals surface area contributed by atoms with Crippen LogP contribution < -0.4 is 15.4 Å². The third-order valence-corrected chi connectivity index (χ3v) is 3.94. The molecule has 0 aliphatic carbocycles. The third-order valence-electron chi connectivity index (χ3n) is 3.94. The molecule has 0 fully saturated rings. The molecule has 1 unspecified atom stereocenters. The van der Waals surface area contributed by atoms with Crippen LogP contribution in [0.1, 0.15) is 30.4 Å². The number of aliphatic imine (C=N–C) groups is 1. The minimum Gasteiger partial charge on any atom is -0.478 e. The second kappa shape index (κ2) is 13.3. The summed E-state index contributed by atoms with van der Waals surface area (Å²) in [6.45, 7) is 4.03. The number of ether oxygens (including phenoxy) is 1. The number of nitrogens with one attached hydrogen (secondary N) is 2. The van der Waals surface area contributed by atoms with Crippen molar-refractivity contribution in [2.45, 2.75) is 25.8 Å². The van der Waals surface area contributed by atoms with Gasteiger partial charge in [0.05, 0.1) is 13.2 Å². The average molecular weight is 484 g/mol. The summed E-state index contributed by atoms with van der Waals surface area (Å²) in [5.41, 5.74) is 2.14. The van der Waals surface area contributed by atoms with E-state index in [0.717, 1.165) is 17.5 Å². The first kappa shape index (κ1) is 23.2. The van der Waals surface area contributed by atoms with Gasteiger partial charge in [0.25, 0.3) is 0 Å². The lowest BCUT2D eigenvalue weighted by Gasteiger charge is -2.18. The van der Waals surface area contributed by atoms with Crippen LogP contribution in [0.25, 0.3) is 0 Å². The Balaban J connectivity index is 0.00000364. The van der Waals surface area contributed by atoms with E-state index in [9.17, 15) is 5.11 Å². The Morgan fingerprint density at radius 2 is 1.96 bits per heavy atom. The molecular formula is C20H29IN4O2. The van der Waals surface area contributed by atoms with Gasteiger partial charge < -0.3 is 20.5 Å². The summed E-state index contributed by atoms with van der Waals surface area (Å²) in [5.74, 6) is 1.35. The first-order chi connectivity index (χ1) is 12.8. The molecule has 2 rings (SSSR count). The zero-order valence-corrected chi connectivity index (χ0v) is 18.2. The third kappa shape index (κ3) is 8.13. The predicted molar refractivity (Wildman–Crippen MR) is 120 cm³/mol. The van der Waals surface area contributed by atoms with Crippen LogP contribution in [0.5, 0.6) is 5.88 Å². The minimum absolute atomic E-state index is 0. The van der Waals surface area contributed by atoms with Crippen LogP contribution in [0.4, 0.5) is 0 Å². The van der Waals surface area contributed by atoms with Gasteiger partial charge in [-0.15, -0.1) is 24.0 Å². The van der Waals surface area contributed by atoms with Crippen LogP contribution in [-0.4, -0.2) is 42.9 Å². The zero-order valence-electron chi connectivity index (χ0n) is 15.9. The largest absolute Gasteiger partial charge is 0.478 e. The summed E-state index contributed by atoms with van der Waals surface area (Å²) in [6, 6.07) is 13.8. The van der Waals surface area contributed by atoms with Crippen molar-refractivity contribution in [3.63, 3.8) is 0 Å². The van der Waals surface area contributed by atoms with Crippen molar-refractivity contribution in [3.05, 3.63) is 59.8 Å². The Labute approximate surface area is 178 Å². The number of aliphatic hydroxyl groups is 1. The summed E-state index contributed by atoms with van der Waals surface area (Å²) in [7, 11) is 1.73. The van der Waals surface area contributed by atoms with Crippen molar-refractivity contribution >= 4 is 29.9 Å². The molecule has 0 spiro atoms. The number of pyridine rings is 1. The number of hydrogen-bond acceptors (Lipinski definition) is 4. The fourth-order valence-corrected chi connectivity index (χ4v) is 2.45. The Morgan fingerprint density at radius 3 is 2.56 bits per heavy atom. The highest BCUT2D eigenvalue weighted by molar-refractivity contribution is 14.0. The summed E-state index contributed by atoms with van der Waals surface area (Å²) >= 11 is 0. The molecule has 1 aromatic heterocycles. The van der Waals surface area contributed by atoms with Gasteiger partial charge in [-0.3, -0.25) is 4.99 Å². The van der Waals surface area contributed by atoms with Crippen LogP contribution in [0, 0.1) is 0 Å². The number of guanidine groups is 1. The molecule has 6 nitrogen and oxygen atoms in total. The van der Waals surface area contributed by atoms with Gasteiger partial charge in [-0.1, -0.05) is 43.3 Å². The maximum Gasteiger partial charge on any atom is 0.213 e. The first-order valence-electron chi connectivity index (χ1n) is 8.94. The summed E-state index contributed by atoms with van der Waals surface area (Å²) in [5, 5.41) is 16.2. The topological polar surface area (TPSA) is 78.8 Å². The lowest BCUT2D eigenvalue weighted by atomic mass is 10.0. The Hall–Kier alpha value is -1.87. The van der Waals surface area contributed by atoms with E-state index in [1.807, 2.05) is 42.5 Å². The van der Waals surface area contributed by atoms with Gasteiger partial charge in [0, 0.05) is 38.3 Å². The number of benzene rings is 1. The van der Waals surface area contributed by atoms with E-state index >= 15 is 0 Å². The van der Waals surface area contributed by atoms with Crippen LogP contribution >= 0.6 is 24.0 Å². The van der Waals surface area contributed by atoms with Gasteiger partial charge in [0.15, 0.2) is 5.96 Å². The van der Waals surface area contributed by atoms with Gasteiger partial charge in [0.2, 0.25) is 5.88 Å². The second-order valence-corrected chi connectivity index (χ2v) is 5.95. The number of hydrogen-bond donors (Lipinski definition) is 3. The molecule has 0 aliphatic rings. The molecule has 1 heterocycles. The molecule has 0 amide bonds. The number of aliphatic hydroxyl groups excluding tert-OH is 1. The van der Waals surface area contributed by atoms with Crippen LogP contribution in [0.3, 0.4) is 0 Å². The van der Waals surface area contributed by atoms with Crippen molar-refractivity contribution in [2.75, 3.05) is 26.8 Å². The van der Waals surface area contributed by atoms with E-state index in [1.54, 1.807) is 13.2 Å². The van der Waals surface area contributed by atoms with E-state index in [4.69, 9.17) is 4.74 Å². The molecule has 27 heavy (non-hydrogen) atoms. The van der Waals surface area contributed by atoms with E-state index < -0.39 is 0 Å². The summed E-state index contributed by atoms with van der Waals surface area (Å²) < 4.78 is 5.48. The predicted octanol–water partition coefficient (Wildman–Crippen LogP) is 2.93. The van der Waals surface area contributed by atoms with Crippen molar-refractivity contribution < 1.29 is 9.84 Å². The highest BCUT2D eigenvalue weighted by Crippen LogP contribution is 2.13. The minimum atomic E-state index is 0. The van der Waals surface area contributed by atoms with Crippen molar-refractivity contribution in [1.29, 1.82) is 0 Å². The highest BCUT2D eigenvalue weighted by atomic mass is 127. The fraction of sp³-hybridized carbons (Fsp3) is 0.400. The zero-order chi connectivity index (χ0) is 18.6. The molecule has 148 valence electrons. The van der Waals surface area contributed by atoms with E-state index in [0.29, 0.717) is 31.5 Å². The molecule has 2 aromatic rings. The number of halogens is 1. The average Bonchev–Trinajstić information content (AvgIpc) is 2.70. The molecule has 0 saturated carbocycles. The maximum absolute atomic E-state index is 9.64. The maximum atomic E-state index is 9.64. The Morgan fingerprint density at radius 1 is 1.19 bits per heavy atom. The lowest BCUT2D eigenvalue weighted by Crippen LogP contribution is -2.39. The molecule has 0 radical (unpaired) electrons. The van der Waals surface area contributed by atoms with E-state index in [-0.39, 0.29) is 36.5 Å². The molecule has 0 saturated heterocycles. The van der Waals surface area contributed by atoms with Gasteiger partial charge >= 0.3 is 0 Å².